The van der Waals surface area contributed by atoms with Gasteiger partial charge in [0.2, 0.25) is 0 Å². The predicted molar refractivity (Wildman–Crippen MR) is 63.2 cm³/mol. The smallest absolute Gasteiger partial charge is 0.0560 e. The molecule has 0 rings (SSSR count). The summed E-state index contributed by atoms with van der Waals surface area (Å²) in [6, 6.07) is 0. The minimum atomic E-state index is -0.0545. The number of hydrogen-bond acceptors (Lipinski definition) is 0. The first-order valence-corrected chi connectivity index (χ1v) is 5.56. The molecule has 0 heterocycles. The van der Waals surface area contributed by atoms with Crippen molar-refractivity contribution in [3.8, 4) is 0 Å². The minimum absolute atomic E-state index is 0.0436. The van der Waals surface area contributed by atoms with Crippen LogP contribution in [0.5, 0.6) is 0 Å². The van der Waals surface area contributed by atoms with E-state index in [0.29, 0.717) is 12.3 Å². The topological polar surface area (TPSA) is 0 Å². The summed E-state index contributed by atoms with van der Waals surface area (Å²) in [5.41, 5.74) is 2.02. The third-order valence-electron chi connectivity index (χ3n) is 1.84. The lowest BCUT2D eigenvalue weighted by Gasteiger charge is -2.14. The third kappa shape index (κ3) is 5.61. The second kappa shape index (κ2) is 6.75. The lowest BCUT2D eigenvalue weighted by Crippen LogP contribution is -2.10. The quantitative estimate of drug-likeness (QED) is 0.496. The van der Waals surface area contributed by atoms with Gasteiger partial charge in [0, 0.05) is 5.88 Å². The summed E-state index contributed by atoms with van der Waals surface area (Å²) in [7, 11) is 0. The van der Waals surface area contributed by atoms with Gasteiger partial charge in [-0.15, -0.1) is 34.8 Å². The maximum atomic E-state index is 6.10. The summed E-state index contributed by atoms with van der Waals surface area (Å²) in [4.78, 5) is 0. The molecule has 0 fully saturated rings. The van der Waals surface area contributed by atoms with Crippen LogP contribution in [0.25, 0.3) is 0 Å². The van der Waals surface area contributed by atoms with E-state index in [4.69, 9.17) is 34.8 Å². The largest absolute Gasteiger partial charge is 0.122 e. The molecule has 0 aliphatic heterocycles. The minimum Gasteiger partial charge on any atom is -0.122 e. The zero-order chi connectivity index (χ0) is 10.4. The first-order chi connectivity index (χ1) is 5.99. The van der Waals surface area contributed by atoms with Crippen molar-refractivity contribution in [3.63, 3.8) is 0 Å². The van der Waals surface area contributed by atoms with Crippen molar-refractivity contribution in [3.05, 3.63) is 23.8 Å². The van der Waals surface area contributed by atoms with Crippen molar-refractivity contribution in [1.82, 2.24) is 0 Å². The Kier molecular flexibility index (Phi) is 6.93. The van der Waals surface area contributed by atoms with Crippen molar-refractivity contribution in [1.29, 1.82) is 0 Å². The molecule has 3 heteroatoms. The van der Waals surface area contributed by atoms with Gasteiger partial charge in [-0.1, -0.05) is 23.8 Å². The van der Waals surface area contributed by atoms with E-state index in [1.807, 2.05) is 19.9 Å². The zero-order valence-electron chi connectivity index (χ0n) is 7.99. The molecule has 2 atom stereocenters. The Bertz CT molecular complexity index is 196. The standard InChI is InChI=1S/C10H15Cl3/c1-7(2)9(12)6-10(13)8(3)4-5-11/h4,9-10H,1,5-6H2,2-3H3/b8-4+/t9-,10+/m0/s1. The molecule has 0 saturated carbocycles. The number of allylic oxidation sites excluding steroid dienone is 3. The van der Waals surface area contributed by atoms with Gasteiger partial charge in [0.05, 0.1) is 10.8 Å². The molecule has 0 saturated heterocycles. The van der Waals surface area contributed by atoms with Crippen molar-refractivity contribution in [2.45, 2.75) is 31.0 Å². The highest BCUT2D eigenvalue weighted by atomic mass is 35.5. The van der Waals surface area contributed by atoms with E-state index in [0.717, 1.165) is 11.1 Å². The first kappa shape index (κ1) is 13.4. The number of alkyl halides is 3. The molecule has 0 bridgehead atoms. The Labute approximate surface area is 95.6 Å². The highest BCUT2D eigenvalue weighted by Crippen LogP contribution is 2.21. The van der Waals surface area contributed by atoms with Crippen LogP contribution in [0.1, 0.15) is 20.3 Å². The summed E-state index contributed by atoms with van der Waals surface area (Å²) < 4.78 is 0. The Morgan fingerprint density at radius 3 is 2.23 bits per heavy atom. The lowest BCUT2D eigenvalue weighted by molar-refractivity contribution is 0.818. The molecule has 0 unspecified atom stereocenters. The fraction of sp³-hybridized carbons (Fsp3) is 0.600. The average molecular weight is 242 g/mol. The van der Waals surface area contributed by atoms with Crippen LogP contribution in [0, 0.1) is 0 Å². The first-order valence-electron chi connectivity index (χ1n) is 4.15. The van der Waals surface area contributed by atoms with Gasteiger partial charge in [-0.05, 0) is 20.3 Å². The molecule has 0 aromatic heterocycles. The summed E-state index contributed by atoms with van der Waals surface area (Å²) >= 11 is 17.7. The van der Waals surface area contributed by atoms with Crippen molar-refractivity contribution in [2.75, 3.05) is 5.88 Å². The molecule has 0 aliphatic carbocycles. The van der Waals surface area contributed by atoms with E-state index in [2.05, 4.69) is 6.58 Å². The molecule has 13 heavy (non-hydrogen) atoms. The van der Waals surface area contributed by atoms with E-state index in [1.165, 1.54) is 0 Å². The Balaban J connectivity index is 4.06. The van der Waals surface area contributed by atoms with Gasteiger partial charge >= 0.3 is 0 Å². The van der Waals surface area contributed by atoms with Crippen LogP contribution < -0.4 is 0 Å². The Morgan fingerprint density at radius 2 is 1.85 bits per heavy atom. The molecule has 0 aromatic rings. The SMILES string of the molecule is C=C(C)[C@@H](Cl)C[C@@H](Cl)/C(C)=C/CCl. The molecule has 0 aliphatic rings. The highest BCUT2D eigenvalue weighted by Gasteiger charge is 2.13. The molecule has 0 N–H and O–H groups in total. The molecule has 0 amide bonds. The molecule has 76 valence electrons. The predicted octanol–water partition coefficient (Wildman–Crippen LogP) is 4.35. The average Bonchev–Trinajstić information content (AvgIpc) is 2.04. The van der Waals surface area contributed by atoms with Crippen LogP contribution in [-0.4, -0.2) is 16.6 Å². The molecule has 0 nitrogen and oxygen atoms in total. The van der Waals surface area contributed by atoms with E-state index >= 15 is 0 Å². The second-order valence-corrected chi connectivity index (χ2v) is 4.48. The van der Waals surface area contributed by atoms with E-state index in [-0.39, 0.29) is 10.8 Å². The van der Waals surface area contributed by atoms with Gasteiger partial charge in [-0.25, -0.2) is 0 Å². The normalized spacial score (nSPS) is 16.8. The van der Waals surface area contributed by atoms with Crippen LogP contribution in [-0.2, 0) is 0 Å². The molecular weight excluding hydrogens is 226 g/mol. The number of rotatable bonds is 5. The number of halogens is 3. The van der Waals surface area contributed by atoms with Gasteiger partial charge < -0.3 is 0 Å². The van der Waals surface area contributed by atoms with Crippen molar-refractivity contribution in [2.24, 2.45) is 0 Å². The molecule has 0 spiro atoms. The second-order valence-electron chi connectivity index (χ2n) is 3.12. The van der Waals surface area contributed by atoms with Crippen LogP contribution in [0.4, 0.5) is 0 Å². The number of hydrogen-bond donors (Lipinski definition) is 0. The van der Waals surface area contributed by atoms with Gasteiger partial charge in [-0.2, -0.15) is 0 Å². The van der Waals surface area contributed by atoms with E-state index < -0.39 is 0 Å². The van der Waals surface area contributed by atoms with Gasteiger partial charge in [0.25, 0.3) is 0 Å². The molecule has 0 aromatic carbocycles. The highest BCUT2D eigenvalue weighted by molar-refractivity contribution is 6.25. The summed E-state index contributed by atoms with van der Waals surface area (Å²) in [5.74, 6) is 0.495. The summed E-state index contributed by atoms with van der Waals surface area (Å²) in [6.45, 7) is 7.64. The molecule has 0 radical (unpaired) electrons. The Morgan fingerprint density at radius 1 is 1.31 bits per heavy atom. The van der Waals surface area contributed by atoms with Crippen molar-refractivity contribution >= 4 is 34.8 Å². The lowest BCUT2D eigenvalue weighted by atomic mass is 10.1. The van der Waals surface area contributed by atoms with Gasteiger partial charge in [0.1, 0.15) is 0 Å². The Hall–Kier alpha value is 0.350. The van der Waals surface area contributed by atoms with Crippen LogP contribution in [0.3, 0.4) is 0 Å². The zero-order valence-corrected chi connectivity index (χ0v) is 10.3. The van der Waals surface area contributed by atoms with E-state index in [1.54, 1.807) is 0 Å². The monoisotopic (exact) mass is 240 g/mol. The maximum absolute atomic E-state index is 6.10. The summed E-state index contributed by atoms with van der Waals surface area (Å²) in [6.07, 6.45) is 2.61. The van der Waals surface area contributed by atoms with Gasteiger partial charge in [0.15, 0.2) is 0 Å². The van der Waals surface area contributed by atoms with Gasteiger partial charge in [-0.3, -0.25) is 0 Å². The third-order valence-corrected chi connectivity index (χ3v) is 3.07. The van der Waals surface area contributed by atoms with Crippen LogP contribution in [0.2, 0.25) is 0 Å². The van der Waals surface area contributed by atoms with Crippen LogP contribution in [0.15, 0.2) is 23.8 Å². The molecular formula is C10H15Cl3. The van der Waals surface area contributed by atoms with Crippen molar-refractivity contribution < 1.29 is 0 Å². The fourth-order valence-electron chi connectivity index (χ4n) is 0.818. The maximum Gasteiger partial charge on any atom is 0.0560 e. The summed E-state index contributed by atoms with van der Waals surface area (Å²) in [5, 5.41) is -0.0980. The fourth-order valence-corrected chi connectivity index (χ4v) is 1.60. The van der Waals surface area contributed by atoms with E-state index in [9.17, 15) is 0 Å². The van der Waals surface area contributed by atoms with Crippen LogP contribution >= 0.6 is 34.8 Å².